The third-order valence-corrected chi connectivity index (χ3v) is 6.15. The number of fused-ring (bicyclic) bond motifs is 1. The van der Waals surface area contributed by atoms with Gasteiger partial charge in [-0.3, -0.25) is 14.2 Å². The lowest BCUT2D eigenvalue weighted by atomic mass is 10.2. The summed E-state index contributed by atoms with van der Waals surface area (Å²) in [5.41, 5.74) is 1.07. The number of methoxy groups -OCH3 is 1. The topological polar surface area (TPSA) is 99.5 Å². The lowest BCUT2D eigenvalue weighted by Crippen LogP contribution is -2.29. The highest BCUT2D eigenvalue weighted by molar-refractivity contribution is 7.99. The van der Waals surface area contributed by atoms with Gasteiger partial charge in [0, 0.05) is 6.61 Å². The first-order chi connectivity index (χ1) is 15.6. The molecule has 0 aliphatic carbocycles. The van der Waals surface area contributed by atoms with Crippen LogP contribution in [0.2, 0.25) is 0 Å². The fraction of sp³-hybridized carbons (Fsp3) is 0.304. The van der Waals surface area contributed by atoms with Crippen molar-refractivity contribution < 1.29 is 19.1 Å². The highest BCUT2D eigenvalue weighted by Gasteiger charge is 2.21. The molecule has 1 aromatic heterocycles. The van der Waals surface area contributed by atoms with E-state index in [0.717, 1.165) is 12.8 Å². The van der Waals surface area contributed by atoms with E-state index in [4.69, 9.17) is 9.47 Å². The molecule has 0 saturated carbocycles. The average molecular weight is 454 g/mol. The van der Waals surface area contributed by atoms with Crippen molar-refractivity contribution in [3.63, 3.8) is 0 Å². The second kappa shape index (κ2) is 9.97. The molecule has 3 aromatic rings. The largest absolute Gasteiger partial charge is 0.465 e. The number of amides is 1. The van der Waals surface area contributed by atoms with Crippen molar-refractivity contribution in [2.24, 2.45) is 0 Å². The smallest absolute Gasteiger partial charge is 0.339 e. The number of hydrogen-bond acceptors (Lipinski definition) is 7. The first kappa shape index (κ1) is 22.0. The number of para-hydroxylation sites is 2. The number of rotatable bonds is 7. The zero-order valence-electron chi connectivity index (χ0n) is 17.6. The van der Waals surface area contributed by atoms with E-state index in [2.05, 4.69) is 10.3 Å². The highest BCUT2D eigenvalue weighted by atomic mass is 32.2. The fourth-order valence-electron chi connectivity index (χ4n) is 3.61. The van der Waals surface area contributed by atoms with Crippen LogP contribution < -0.4 is 10.9 Å². The van der Waals surface area contributed by atoms with Gasteiger partial charge in [-0.05, 0) is 37.1 Å². The molecule has 1 fully saturated rings. The third-order valence-electron chi connectivity index (χ3n) is 5.18. The second-order valence-electron chi connectivity index (χ2n) is 7.34. The predicted molar refractivity (Wildman–Crippen MR) is 122 cm³/mol. The summed E-state index contributed by atoms with van der Waals surface area (Å²) >= 11 is 1.17. The Hall–Kier alpha value is -3.17. The maximum absolute atomic E-state index is 13.1. The number of carbonyl (C=O) groups excluding carboxylic acids is 2. The lowest BCUT2D eigenvalue weighted by Gasteiger charge is -2.16. The van der Waals surface area contributed by atoms with Gasteiger partial charge in [-0.15, -0.1) is 0 Å². The zero-order valence-corrected chi connectivity index (χ0v) is 18.4. The van der Waals surface area contributed by atoms with E-state index < -0.39 is 5.97 Å². The van der Waals surface area contributed by atoms with E-state index in [9.17, 15) is 14.4 Å². The SMILES string of the molecule is COC(=O)c1ccccc1NC(=O)CSc1nc2ccccc2c(=O)n1CC1CCCO1. The lowest BCUT2D eigenvalue weighted by molar-refractivity contribution is -0.113. The van der Waals surface area contributed by atoms with E-state index in [0.29, 0.717) is 34.9 Å². The first-order valence-corrected chi connectivity index (χ1v) is 11.3. The Morgan fingerprint density at radius 3 is 2.78 bits per heavy atom. The molecule has 0 radical (unpaired) electrons. The van der Waals surface area contributed by atoms with Gasteiger partial charge in [-0.1, -0.05) is 36.0 Å². The predicted octanol–water partition coefficient (Wildman–Crippen LogP) is 3.09. The quantitative estimate of drug-likeness (QED) is 0.333. The molecule has 1 unspecified atom stereocenters. The molecule has 32 heavy (non-hydrogen) atoms. The molecule has 1 N–H and O–H groups in total. The van der Waals surface area contributed by atoms with E-state index in [1.807, 2.05) is 6.07 Å². The number of aromatic nitrogens is 2. The van der Waals surface area contributed by atoms with Crippen LogP contribution in [0.5, 0.6) is 0 Å². The second-order valence-corrected chi connectivity index (χ2v) is 8.28. The van der Waals surface area contributed by atoms with Gasteiger partial charge in [0.05, 0.1) is 47.7 Å². The molecule has 0 spiro atoms. The van der Waals surface area contributed by atoms with Gasteiger partial charge in [0.25, 0.3) is 5.56 Å². The van der Waals surface area contributed by atoms with Crippen LogP contribution in [-0.2, 0) is 20.8 Å². The minimum atomic E-state index is -0.532. The van der Waals surface area contributed by atoms with Crippen LogP contribution in [0.25, 0.3) is 10.9 Å². The molecule has 1 saturated heterocycles. The molecule has 166 valence electrons. The Balaban J connectivity index is 1.55. The molecular weight excluding hydrogens is 430 g/mol. The van der Waals surface area contributed by atoms with E-state index >= 15 is 0 Å². The van der Waals surface area contributed by atoms with Crippen molar-refractivity contribution in [2.75, 3.05) is 24.8 Å². The number of nitrogens with one attached hydrogen (secondary N) is 1. The highest BCUT2D eigenvalue weighted by Crippen LogP contribution is 2.22. The molecule has 8 nitrogen and oxygen atoms in total. The third kappa shape index (κ3) is 4.84. The summed E-state index contributed by atoms with van der Waals surface area (Å²) in [6.07, 6.45) is 1.80. The summed E-state index contributed by atoms with van der Waals surface area (Å²) < 4.78 is 12.1. The molecule has 4 rings (SSSR count). The molecule has 1 aliphatic rings. The van der Waals surface area contributed by atoms with Crippen molar-refractivity contribution in [3.8, 4) is 0 Å². The van der Waals surface area contributed by atoms with Crippen molar-refractivity contribution >= 4 is 40.2 Å². The molecular formula is C23H23N3O5S. The Morgan fingerprint density at radius 2 is 2.00 bits per heavy atom. The number of benzene rings is 2. The minimum Gasteiger partial charge on any atom is -0.465 e. The minimum absolute atomic E-state index is 0.0197. The summed E-state index contributed by atoms with van der Waals surface area (Å²) in [6.45, 7) is 1.08. The number of anilines is 1. The van der Waals surface area contributed by atoms with Gasteiger partial charge in [0.15, 0.2) is 5.16 Å². The van der Waals surface area contributed by atoms with E-state index in [1.54, 1.807) is 47.0 Å². The standard InChI is InChI=1S/C23H23N3O5S/c1-30-22(29)17-9-3-5-11-19(17)24-20(27)14-32-23-25-18-10-4-2-8-16(18)21(28)26(23)13-15-7-6-12-31-15/h2-5,8-11,15H,6-7,12-14H2,1H3,(H,24,27). The van der Waals surface area contributed by atoms with Crippen molar-refractivity contribution in [3.05, 3.63) is 64.4 Å². The fourth-order valence-corrected chi connectivity index (χ4v) is 4.42. The average Bonchev–Trinajstić information content (AvgIpc) is 3.33. The Kier molecular flexibility index (Phi) is 6.87. The molecule has 2 heterocycles. The molecule has 1 aliphatic heterocycles. The van der Waals surface area contributed by atoms with Crippen molar-refractivity contribution in [1.82, 2.24) is 9.55 Å². The van der Waals surface area contributed by atoms with Crippen molar-refractivity contribution in [2.45, 2.75) is 30.6 Å². The molecule has 2 aromatic carbocycles. The number of thioether (sulfide) groups is 1. The van der Waals surface area contributed by atoms with Gasteiger partial charge in [0.2, 0.25) is 5.91 Å². The van der Waals surface area contributed by atoms with Crippen LogP contribution >= 0.6 is 11.8 Å². The van der Waals surface area contributed by atoms with Gasteiger partial charge in [-0.2, -0.15) is 0 Å². The van der Waals surface area contributed by atoms with Crippen LogP contribution in [-0.4, -0.2) is 47.0 Å². The van der Waals surface area contributed by atoms with Crippen molar-refractivity contribution in [1.29, 1.82) is 0 Å². The van der Waals surface area contributed by atoms with Gasteiger partial charge in [-0.25, -0.2) is 9.78 Å². The van der Waals surface area contributed by atoms with Gasteiger partial charge >= 0.3 is 5.97 Å². The Morgan fingerprint density at radius 1 is 1.22 bits per heavy atom. The molecule has 1 atom stereocenters. The maximum Gasteiger partial charge on any atom is 0.339 e. The molecule has 1 amide bonds. The van der Waals surface area contributed by atoms with Crippen LogP contribution in [0.15, 0.2) is 58.5 Å². The van der Waals surface area contributed by atoms with E-state index in [1.165, 1.54) is 18.9 Å². The monoisotopic (exact) mass is 453 g/mol. The first-order valence-electron chi connectivity index (χ1n) is 10.3. The van der Waals surface area contributed by atoms with Crippen LogP contribution in [0.4, 0.5) is 5.69 Å². The summed E-state index contributed by atoms with van der Waals surface area (Å²) in [7, 11) is 1.29. The van der Waals surface area contributed by atoms with Crippen LogP contribution in [0.1, 0.15) is 23.2 Å². The number of nitrogens with zero attached hydrogens (tertiary/aromatic N) is 2. The summed E-state index contributed by atoms with van der Waals surface area (Å²) in [6, 6.07) is 13.8. The summed E-state index contributed by atoms with van der Waals surface area (Å²) in [5.74, 6) is -0.834. The molecule has 9 heteroatoms. The van der Waals surface area contributed by atoms with Crippen LogP contribution in [0, 0.1) is 0 Å². The van der Waals surface area contributed by atoms with Crippen LogP contribution in [0.3, 0.4) is 0 Å². The zero-order chi connectivity index (χ0) is 22.5. The summed E-state index contributed by atoms with van der Waals surface area (Å²) in [4.78, 5) is 42.3. The number of ether oxygens (including phenoxy) is 2. The molecule has 0 bridgehead atoms. The summed E-state index contributed by atoms with van der Waals surface area (Å²) in [5, 5.41) is 3.73. The van der Waals surface area contributed by atoms with E-state index in [-0.39, 0.29) is 28.9 Å². The Bertz CT molecular complexity index is 1200. The normalized spacial score (nSPS) is 15.6. The number of esters is 1. The number of hydrogen-bond donors (Lipinski definition) is 1. The van der Waals surface area contributed by atoms with Gasteiger partial charge in [0.1, 0.15) is 0 Å². The maximum atomic E-state index is 13.1. The van der Waals surface area contributed by atoms with Gasteiger partial charge < -0.3 is 14.8 Å². The Labute approximate surface area is 188 Å². The number of carbonyl (C=O) groups is 2.